The van der Waals surface area contributed by atoms with Gasteiger partial charge in [0.1, 0.15) is 0 Å². The quantitative estimate of drug-likeness (QED) is 0.834. The molecular weight excluding hydrogens is 322 g/mol. The van der Waals surface area contributed by atoms with Gasteiger partial charge < -0.3 is 14.8 Å². The van der Waals surface area contributed by atoms with Crippen LogP contribution in [0.4, 0.5) is 0 Å². The van der Waals surface area contributed by atoms with Gasteiger partial charge >= 0.3 is 0 Å². The predicted molar refractivity (Wildman–Crippen MR) is 95.8 cm³/mol. The maximum atomic E-state index is 12.2. The Hall–Kier alpha value is -2.14. The molecule has 1 heterocycles. The lowest BCUT2D eigenvalue weighted by Gasteiger charge is -2.15. The number of carbonyl (C=O) groups is 1. The van der Waals surface area contributed by atoms with Gasteiger partial charge in [-0.15, -0.1) is 11.8 Å². The predicted octanol–water partition coefficient (Wildman–Crippen LogP) is 4.00. The van der Waals surface area contributed by atoms with Crippen LogP contribution in [0.5, 0.6) is 11.5 Å². The molecule has 1 amide bonds. The van der Waals surface area contributed by atoms with Crippen molar-refractivity contribution in [3.63, 3.8) is 0 Å². The SMILES string of the molecule is Cc1ccc(SCC(=O)N[C@H](C)c2ccc3c(c2)OCO3)cc1C. The molecule has 0 bridgehead atoms. The van der Waals surface area contributed by atoms with E-state index in [1.165, 1.54) is 11.1 Å². The summed E-state index contributed by atoms with van der Waals surface area (Å²) in [5, 5.41) is 3.03. The first-order valence-corrected chi connectivity index (χ1v) is 8.90. The van der Waals surface area contributed by atoms with E-state index in [-0.39, 0.29) is 18.7 Å². The molecule has 0 fully saturated rings. The topological polar surface area (TPSA) is 47.6 Å². The van der Waals surface area contributed by atoms with Crippen LogP contribution in [-0.2, 0) is 4.79 Å². The van der Waals surface area contributed by atoms with Gasteiger partial charge in [-0.25, -0.2) is 0 Å². The van der Waals surface area contributed by atoms with Gasteiger partial charge in [0, 0.05) is 4.90 Å². The lowest BCUT2D eigenvalue weighted by atomic mass is 10.1. The first kappa shape index (κ1) is 16.7. The number of amides is 1. The van der Waals surface area contributed by atoms with Crippen LogP contribution in [0.1, 0.15) is 29.7 Å². The lowest BCUT2D eigenvalue weighted by Crippen LogP contribution is -2.28. The number of ether oxygens (including phenoxy) is 2. The molecule has 0 saturated heterocycles. The molecule has 24 heavy (non-hydrogen) atoms. The molecule has 0 spiro atoms. The highest BCUT2D eigenvalue weighted by molar-refractivity contribution is 8.00. The summed E-state index contributed by atoms with van der Waals surface area (Å²) >= 11 is 1.55. The molecule has 2 aromatic rings. The third kappa shape index (κ3) is 3.85. The Kier molecular flexibility index (Phi) is 5.00. The Morgan fingerprint density at radius 2 is 1.92 bits per heavy atom. The van der Waals surface area contributed by atoms with E-state index in [0.717, 1.165) is 22.0 Å². The van der Waals surface area contributed by atoms with E-state index in [2.05, 4.69) is 37.4 Å². The molecule has 1 aliphatic heterocycles. The van der Waals surface area contributed by atoms with E-state index in [4.69, 9.17) is 9.47 Å². The minimum absolute atomic E-state index is 0.0170. The van der Waals surface area contributed by atoms with Gasteiger partial charge in [-0.2, -0.15) is 0 Å². The number of benzene rings is 2. The van der Waals surface area contributed by atoms with E-state index in [1.54, 1.807) is 11.8 Å². The molecule has 1 N–H and O–H groups in total. The first-order valence-electron chi connectivity index (χ1n) is 7.92. The summed E-state index contributed by atoms with van der Waals surface area (Å²) in [4.78, 5) is 13.3. The first-order chi connectivity index (χ1) is 11.5. The summed E-state index contributed by atoms with van der Waals surface area (Å²) in [6.07, 6.45) is 0. The largest absolute Gasteiger partial charge is 0.454 e. The molecule has 1 atom stereocenters. The van der Waals surface area contributed by atoms with Gasteiger partial charge in [-0.1, -0.05) is 12.1 Å². The molecule has 3 rings (SSSR count). The Morgan fingerprint density at radius 1 is 1.12 bits per heavy atom. The standard InChI is InChI=1S/C19H21NO3S/c1-12-4-6-16(8-13(12)2)24-10-19(21)20-14(3)15-5-7-17-18(9-15)23-11-22-17/h4-9,14H,10-11H2,1-3H3,(H,20,21)/t14-/m1/s1. The average Bonchev–Trinajstić information content (AvgIpc) is 3.03. The van der Waals surface area contributed by atoms with Crippen molar-refractivity contribution in [2.45, 2.75) is 31.7 Å². The molecule has 0 unspecified atom stereocenters. The Labute approximate surface area is 146 Å². The molecule has 0 radical (unpaired) electrons. The Morgan fingerprint density at radius 3 is 2.71 bits per heavy atom. The zero-order chi connectivity index (χ0) is 17.1. The third-order valence-electron chi connectivity index (χ3n) is 4.12. The van der Waals surface area contributed by atoms with Crippen LogP contribution in [0.3, 0.4) is 0 Å². The van der Waals surface area contributed by atoms with Crippen molar-refractivity contribution in [3.05, 3.63) is 53.1 Å². The van der Waals surface area contributed by atoms with Crippen molar-refractivity contribution in [2.24, 2.45) is 0 Å². The smallest absolute Gasteiger partial charge is 0.231 e. The van der Waals surface area contributed by atoms with Gasteiger partial charge in [-0.05, 0) is 61.7 Å². The number of nitrogens with one attached hydrogen (secondary N) is 1. The second kappa shape index (κ2) is 7.18. The van der Waals surface area contributed by atoms with Crippen LogP contribution in [0.15, 0.2) is 41.3 Å². The minimum atomic E-state index is -0.0765. The zero-order valence-electron chi connectivity index (χ0n) is 14.1. The molecule has 0 saturated carbocycles. The molecule has 0 aliphatic carbocycles. The summed E-state index contributed by atoms with van der Waals surface area (Å²) in [7, 11) is 0. The van der Waals surface area contributed by atoms with Gasteiger partial charge in [0.05, 0.1) is 11.8 Å². The normalized spacial score (nSPS) is 13.6. The van der Waals surface area contributed by atoms with Crippen LogP contribution in [0.2, 0.25) is 0 Å². The number of thioether (sulfide) groups is 1. The van der Waals surface area contributed by atoms with E-state index >= 15 is 0 Å². The van der Waals surface area contributed by atoms with Crippen LogP contribution in [0.25, 0.3) is 0 Å². The number of carbonyl (C=O) groups excluding carboxylic acids is 1. The van der Waals surface area contributed by atoms with Crippen molar-refractivity contribution < 1.29 is 14.3 Å². The van der Waals surface area contributed by atoms with Crippen LogP contribution >= 0.6 is 11.8 Å². The Balaban J connectivity index is 1.55. The van der Waals surface area contributed by atoms with Crippen molar-refractivity contribution in [1.29, 1.82) is 0 Å². The highest BCUT2D eigenvalue weighted by atomic mass is 32.2. The number of hydrogen-bond acceptors (Lipinski definition) is 4. The van der Waals surface area contributed by atoms with Crippen molar-refractivity contribution in [1.82, 2.24) is 5.32 Å². The lowest BCUT2D eigenvalue weighted by molar-refractivity contribution is -0.119. The molecular formula is C19H21NO3S. The van der Waals surface area contributed by atoms with Crippen LogP contribution < -0.4 is 14.8 Å². The fourth-order valence-corrected chi connectivity index (χ4v) is 3.31. The number of hydrogen-bond donors (Lipinski definition) is 1. The van der Waals surface area contributed by atoms with Gasteiger partial charge in [0.25, 0.3) is 0 Å². The Bertz CT molecular complexity index is 760. The molecule has 1 aliphatic rings. The highest BCUT2D eigenvalue weighted by Gasteiger charge is 2.16. The number of rotatable bonds is 5. The second-order valence-corrected chi connectivity index (χ2v) is 6.99. The fourth-order valence-electron chi connectivity index (χ4n) is 2.50. The van der Waals surface area contributed by atoms with E-state index in [9.17, 15) is 4.79 Å². The van der Waals surface area contributed by atoms with E-state index in [1.807, 2.05) is 25.1 Å². The average molecular weight is 343 g/mol. The molecule has 2 aromatic carbocycles. The van der Waals surface area contributed by atoms with Gasteiger partial charge in [0.2, 0.25) is 12.7 Å². The maximum absolute atomic E-state index is 12.2. The summed E-state index contributed by atoms with van der Waals surface area (Å²) in [5.41, 5.74) is 3.51. The summed E-state index contributed by atoms with van der Waals surface area (Å²) < 4.78 is 10.7. The molecule has 126 valence electrons. The van der Waals surface area contributed by atoms with E-state index < -0.39 is 0 Å². The molecule has 4 nitrogen and oxygen atoms in total. The molecule has 5 heteroatoms. The zero-order valence-corrected chi connectivity index (χ0v) is 14.9. The van der Waals surface area contributed by atoms with Crippen LogP contribution in [0, 0.1) is 13.8 Å². The number of aryl methyl sites for hydroxylation is 2. The summed E-state index contributed by atoms with van der Waals surface area (Å²) in [5.74, 6) is 1.90. The monoisotopic (exact) mass is 343 g/mol. The highest BCUT2D eigenvalue weighted by Crippen LogP contribution is 2.34. The minimum Gasteiger partial charge on any atom is -0.454 e. The fraction of sp³-hybridized carbons (Fsp3) is 0.316. The second-order valence-electron chi connectivity index (χ2n) is 5.94. The van der Waals surface area contributed by atoms with Crippen molar-refractivity contribution in [2.75, 3.05) is 12.5 Å². The van der Waals surface area contributed by atoms with Gasteiger partial charge in [0.15, 0.2) is 11.5 Å². The van der Waals surface area contributed by atoms with Crippen molar-refractivity contribution >= 4 is 17.7 Å². The summed E-state index contributed by atoms with van der Waals surface area (Å²) in [6, 6.07) is 11.9. The van der Waals surface area contributed by atoms with Crippen molar-refractivity contribution in [3.8, 4) is 11.5 Å². The third-order valence-corrected chi connectivity index (χ3v) is 5.12. The maximum Gasteiger partial charge on any atom is 0.231 e. The van der Waals surface area contributed by atoms with Crippen LogP contribution in [-0.4, -0.2) is 18.5 Å². The van der Waals surface area contributed by atoms with E-state index in [0.29, 0.717) is 5.75 Å². The number of fused-ring (bicyclic) bond motifs is 1. The molecule has 0 aromatic heterocycles. The summed E-state index contributed by atoms with van der Waals surface area (Å²) in [6.45, 7) is 6.40. The van der Waals surface area contributed by atoms with Gasteiger partial charge in [-0.3, -0.25) is 4.79 Å².